The molecule has 0 aliphatic rings. The Morgan fingerprint density at radius 2 is 2.36 bits per heavy atom. The van der Waals surface area contributed by atoms with Crippen LogP contribution in [0.3, 0.4) is 0 Å². The van der Waals surface area contributed by atoms with E-state index in [0.717, 1.165) is 0 Å². The molecule has 0 spiro atoms. The number of hydrogen-bond donors (Lipinski definition) is 1. The quantitative estimate of drug-likeness (QED) is 0.725. The van der Waals surface area contributed by atoms with Crippen LogP contribution in [0.2, 0.25) is 0 Å². The molecule has 1 aromatic heterocycles. The molecule has 0 aliphatic heterocycles. The zero-order valence-corrected chi connectivity index (χ0v) is 8.08. The van der Waals surface area contributed by atoms with Crippen molar-refractivity contribution in [1.82, 2.24) is 4.98 Å². The smallest absolute Gasteiger partial charge is 0.305 e. The Bertz CT molecular complexity index is 356. The lowest BCUT2D eigenvalue weighted by Gasteiger charge is -2.01. The van der Waals surface area contributed by atoms with Crippen LogP contribution in [0.25, 0.3) is 0 Å². The lowest BCUT2D eigenvalue weighted by Crippen LogP contribution is -2.14. The maximum atomic E-state index is 11.2. The third-order valence-electron chi connectivity index (χ3n) is 1.82. The number of esters is 1. The first kappa shape index (κ1) is 10.5. The minimum absolute atomic E-state index is 0.125. The van der Waals surface area contributed by atoms with Gasteiger partial charge in [0.05, 0.1) is 6.61 Å². The number of nitrogens with one attached hydrogen (secondary N) is 1. The minimum Gasteiger partial charge on any atom is -0.465 e. The topological polar surface area (TPSA) is 59.2 Å². The Morgan fingerprint density at radius 1 is 1.57 bits per heavy atom. The number of aromatic amines is 1. The van der Waals surface area contributed by atoms with Gasteiger partial charge in [-0.2, -0.15) is 0 Å². The highest BCUT2D eigenvalue weighted by atomic mass is 16.5. The van der Waals surface area contributed by atoms with Crippen LogP contribution >= 0.6 is 0 Å². The van der Waals surface area contributed by atoms with E-state index >= 15 is 0 Å². The summed E-state index contributed by atoms with van der Waals surface area (Å²) in [5.74, 6) is -0.239. The molecule has 0 amide bonds. The molecule has 1 heterocycles. The van der Waals surface area contributed by atoms with Crippen molar-refractivity contribution in [2.45, 2.75) is 19.8 Å². The molecule has 4 nitrogen and oxygen atoms in total. The molecule has 0 radical (unpaired) electrons. The summed E-state index contributed by atoms with van der Waals surface area (Å²) in [7, 11) is 0. The minimum atomic E-state index is -0.239. The first-order valence-electron chi connectivity index (χ1n) is 4.56. The summed E-state index contributed by atoms with van der Waals surface area (Å²) in [5, 5.41) is 0. The second kappa shape index (κ2) is 5.21. The fourth-order valence-electron chi connectivity index (χ4n) is 1.03. The molecule has 0 fully saturated rings. The second-order valence-corrected chi connectivity index (χ2v) is 2.85. The molecule has 1 N–H and O–H groups in total. The molecule has 14 heavy (non-hydrogen) atoms. The molecular formula is C10H13NO3. The van der Waals surface area contributed by atoms with Gasteiger partial charge < -0.3 is 9.72 Å². The largest absolute Gasteiger partial charge is 0.465 e. The Hall–Kier alpha value is -1.58. The molecule has 0 bridgehead atoms. The molecular weight excluding hydrogens is 182 g/mol. The molecule has 1 rings (SSSR count). The predicted molar refractivity (Wildman–Crippen MR) is 52.0 cm³/mol. The molecule has 76 valence electrons. The summed E-state index contributed by atoms with van der Waals surface area (Å²) >= 11 is 0. The van der Waals surface area contributed by atoms with E-state index in [1.807, 2.05) is 0 Å². The summed E-state index contributed by atoms with van der Waals surface area (Å²) in [5.41, 5.74) is 0.511. The maximum absolute atomic E-state index is 11.2. The van der Waals surface area contributed by atoms with Crippen LogP contribution in [0, 0.1) is 0 Å². The summed E-state index contributed by atoms with van der Waals surface area (Å²) in [6.45, 7) is 2.00. The SMILES string of the molecule is CCC(=O)OCCc1ccc[nH]c1=O. The van der Waals surface area contributed by atoms with E-state index in [9.17, 15) is 9.59 Å². The molecule has 0 aromatic carbocycles. The molecule has 0 saturated heterocycles. The predicted octanol–water partition coefficient (Wildman–Crippen LogP) is 0.871. The van der Waals surface area contributed by atoms with E-state index < -0.39 is 0 Å². The van der Waals surface area contributed by atoms with Gasteiger partial charge in [-0.1, -0.05) is 13.0 Å². The Morgan fingerprint density at radius 3 is 3.00 bits per heavy atom. The first-order valence-corrected chi connectivity index (χ1v) is 4.56. The van der Waals surface area contributed by atoms with E-state index in [1.54, 1.807) is 25.3 Å². The summed E-state index contributed by atoms with van der Waals surface area (Å²) < 4.78 is 4.86. The van der Waals surface area contributed by atoms with Crippen molar-refractivity contribution < 1.29 is 9.53 Å². The van der Waals surface area contributed by atoms with E-state index in [2.05, 4.69) is 4.98 Å². The third kappa shape index (κ3) is 3.05. The first-order chi connectivity index (χ1) is 6.74. The summed E-state index contributed by atoms with van der Waals surface area (Å²) in [4.78, 5) is 24.5. The number of carbonyl (C=O) groups excluding carboxylic acids is 1. The number of carbonyl (C=O) groups is 1. The maximum Gasteiger partial charge on any atom is 0.305 e. The van der Waals surface area contributed by atoms with Crippen LogP contribution in [0.4, 0.5) is 0 Å². The van der Waals surface area contributed by atoms with Gasteiger partial charge in [0.25, 0.3) is 5.56 Å². The lowest BCUT2D eigenvalue weighted by atomic mass is 10.2. The number of ether oxygens (including phenoxy) is 1. The molecule has 1 aromatic rings. The lowest BCUT2D eigenvalue weighted by molar-refractivity contribution is -0.143. The van der Waals surface area contributed by atoms with Crippen LogP contribution in [0.1, 0.15) is 18.9 Å². The zero-order chi connectivity index (χ0) is 10.4. The van der Waals surface area contributed by atoms with Gasteiger partial charge in [0, 0.05) is 24.6 Å². The molecule has 0 aliphatic carbocycles. The number of aromatic nitrogens is 1. The highest BCUT2D eigenvalue weighted by Crippen LogP contribution is 1.93. The fraction of sp³-hybridized carbons (Fsp3) is 0.400. The van der Waals surface area contributed by atoms with Crippen LogP contribution in [0.15, 0.2) is 23.1 Å². The van der Waals surface area contributed by atoms with Crippen molar-refractivity contribution in [2.24, 2.45) is 0 Å². The Kier molecular flexibility index (Phi) is 3.91. The standard InChI is InChI=1S/C10H13NO3/c1-2-9(12)14-7-5-8-4-3-6-11-10(8)13/h3-4,6H,2,5,7H2,1H3,(H,11,13). The number of rotatable bonds is 4. The van der Waals surface area contributed by atoms with Crippen LogP contribution in [0.5, 0.6) is 0 Å². The Balaban J connectivity index is 2.43. The highest BCUT2D eigenvalue weighted by molar-refractivity contribution is 5.68. The van der Waals surface area contributed by atoms with Gasteiger partial charge in [-0.3, -0.25) is 9.59 Å². The summed E-state index contributed by atoms with van der Waals surface area (Å²) in [6.07, 6.45) is 2.40. The van der Waals surface area contributed by atoms with Gasteiger partial charge >= 0.3 is 5.97 Å². The van der Waals surface area contributed by atoms with Crippen molar-refractivity contribution >= 4 is 5.97 Å². The van der Waals surface area contributed by atoms with Crippen LogP contribution in [-0.2, 0) is 16.0 Å². The van der Waals surface area contributed by atoms with Gasteiger partial charge in [-0.05, 0) is 6.07 Å². The zero-order valence-electron chi connectivity index (χ0n) is 8.08. The number of pyridine rings is 1. The Labute approximate surface area is 81.9 Å². The normalized spacial score (nSPS) is 9.79. The van der Waals surface area contributed by atoms with Gasteiger partial charge in [0.2, 0.25) is 0 Å². The van der Waals surface area contributed by atoms with E-state index in [4.69, 9.17) is 4.74 Å². The average molecular weight is 195 g/mol. The average Bonchev–Trinajstić information content (AvgIpc) is 2.20. The van der Waals surface area contributed by atoms with Gasteiger partial charge in [-0.25, -0.2) is 0 Å². The van der Waals surface area contributed by atoms with Crippen molar-refractivity contribution in [3.63, 3.8) is 0 Å². The molecule has 0 atom stereocenters. The van der Waals surface area contributed by atoms with Crippen molar-refractivity contribution in [2.75, 3.05) is 6.61 Å². The highest BCUT2D eigenvalue weighted by Gasteiger charge is 2.01. The third-order valence-corrected chi connectivity index (χ3v) is 1.82. The van der Waals surface area contributed by atoms with Crippen molar-refractivity contribution in [1.29, 1.82) is 0 Å². The molecule has 4 heteroatoms. The van der Waals surface area contributed by atoms with Crippen molar-refractivity contribution in [3.8, 4) is 0 Å². The van der Waals surface area contributed by atoms with Gasteiger partial charge in [-0.15, -0.1) is 0 Å². The van der Waals surface area contributed by atoms with E-state index in [1.165, 1.54) is 0 Å². The summed E-state index contributed by atoms with van der Waals surface area (Å²) in [6, 6.07) is 3.47. The van der Waals surface area contributed by atoms with Gasteiger partial charge in [0.15, 0.2) is 0 Å². The van der Waals surface area contributed by atoms with E-state index in [0.29, 0.717) is 18.4 Å². The number of H-pyrrole nitrogens is 1. The van der Waals surface area contributed by atoms with E-state index in [-0.39, 0.29) is 18.1 Å². The van der Waals surface area contributed by atoms with Crippen molar-refractivity contribution in [3.05, 3.63) is 34.2 Å². The molecule has 0 saturated carbocycles. The van der Waals surface area contributed by atoms with Gasteiger partial charge in [0.1, 0.15) is 0 Å². The monoisotopic (exact) mass is 195 g/mol. The van der Waals surface area contributed by atoms with Crippen LogP contribution in [-0.4, -0.2) is 17.6 Å². The van der Waals surface area contributed by atoms with Crippen LogP contribution < -0.4 is 5.56 Å². The second-order valence-electron chi connectivity index (χ2n) is 2.85. The number of hydrogen-bond acceptors (Lipinski definition) is 3. The molecule has 0 unspecified atom stereocenters. The fourth-order valence-corrected chi connectivity index (χ4v) is 1.03.